The van der Waals surface area contributed by atoms with E-state index < -0.39 is 0 Å². The third kappa shape index (κ3) is 2.09. The molecule has 5 heterocycles. The van der Waals surface area contributed by atoms with Crippen LogP contribution in [-0.4, -0.2) is 36.8 Å². The van der Waals surface area contributed by atoms with Crippen molar-refractivity contribution in [3.63, 3.8) is 0 Å². The van der Waals surface area contributed by atoms with Gasteiger partial charge >= 0.3 is 0 Å². The molecule has 7 nitrogen and oxygen atoms in total. The van der Waals surface area contributed by atoms with Crippen LogP contribution < -0.4 is 5.32 Å². The van der Waals surface area contributed by atoms with E-state index in [9.17, 15) is 4.79 Å². The number of aromatic amines is 1. The van der Waals surface area contributed by atoms with Gasteiger partial charge in [0, 0.05) is 67.0 Å². The Balaban J connectivity index is 1.74. The monoisotopic (exact) mass is 332 g/mol. The minimum absolute atomic E-state index is 0.0250. The van der Waals surface area contributed by atoms with Gasteiger partial charge in [0.2, 0.25) is 0 Å². The molecule has 0 aromatic carbocycles. The lowest BCUT2D eigenvalue weighted by molar-refractivity contribution is 0.0928. The highest BCUT2D eigenvalue weighted by atomic mass is 16.2. The summed E-state index contributed by atoms with van der Waals surface area (Å²) < 4.78 is 3.79. The summed E-state index contributed by atoms with van der Waals surface area (Å²) in [6, 6.07) is 3.94. The smallest absolute Gasteiger partial charge is 0.267 e. The van der Waals surface area contributed by atoms with Gasteiger partial charge in [-0.25, -0.2) is 4.98 Å². The van der Waals surface area contributed by atoms with E-state index in [1.54, 1.807) is 10.9 Å². The Morgan fingerprint density at radius 3 is 2.92 bits per heavy atom. The van der Waals surface area contributed by atoms with Crippen molar-refractivity contribution in [1.29, 1.82) is 0 Å². The Hall–Kier alpha value is -3.35. The average molecular weight is 332 g/mol. The number of pyridine rings is 1. The summed E-state index contributed by atoms with van der Waals surface area (Å²) in [5, 5.41) is 8.20. The largest absolute Gasteiger partial charge is 0.349 e. The van der Waals surface area contributed by atoms with Crippen LogP contribution in [0.4, 0.5) is 0 Å². The van der Waals surface area contributed by atoms with Crippen LogP contribution in [0.2, 0.25) is 0 Å². The molecule has 124 valence electrons. The Morgan fingerprint density at radius 1 is 1.20 bits per heavy atom. The number of nitrogens with one attached hydrogen (secondary N) is 2. The van der Waals surface area contributed by atoms with Gasteiger partial charge in [-0.1, -0.05) is 0 Å². The fourth-order valence-electron chi connectivity index (χ4n) is 3.50. The van der Waals surface area contributed by atoms with Crippen LogP contribution in [0.25, 0.3) is 33.3 Å². The number of amides is 1. The summed E-state index contributed by atoms with van der Waals surface area (Å²) in [7, 11) is 1.90. The molecule has 0 unspecified atom stereocenters. The Bertz CT molecular complexity index is 1120. The van der Waals surface area contributed by atoms with Crippen molar-refractivity contribution in [2.45, 2.75) is 6.54 Å². The second kappa shape index (κ2) is 5.07. The van der Waals surface area contributed by atoms with Crippen molar-refractivity contribution in [1.82, 2.24) is 29.6 Å². The zero-order valence-corrected chi connectivity index (χ0v) is 13.7. The molecule has 4 aromatic rings. The highest BCUT2D eigenvalue weighted by Gasteiger charge is 2.21. The highest BCUT2D eigenvalue weighted by Crippen LogP contribution is 2.36. The maximum atomic E-state index is 12.1. The number of hydrogen-bond acceptors (Lipinski definition) is 3. The van der Waals surface area contributed by atoms with Crippen LogP contribution in [0.3, 0.4) is 0 Å². The molecular weight excluding hydrogens is 316 g/mol. The molecule has 1 aliphatic heterocycles. The number of fused-ring (bicyclic) bond motifs is 2. The molecule has 1 amide bonds. The molecule has 7 heteroatoms. The summed E-state index contributed by atoms with van der Waals surface area (Å²) in [6.07, 6.45) is 9.63. The molecular formula is C18H16N6O. The van der Waals surface area contributed by atoms with E-state index in [4.69, 9.17) is 0 Å². The first-order valence-electron chi connectivity index (χ1n) is 8.14. The average Bonchev–Trinajstić information content (AvgIpc) is 3.31. The number of carbonyl (C=O) groups is 1. The summed E-state index contributed by atoms with van der Waals surface area (Å²) in [5.41, 5.74) is 5.68. The van der Waals surface area contributed by atoms with E-state index in [-0.39, 0.29) is 5.91 Å². The number of carbonyl (C=O) groups excluding carboxylic acids is 1. The van der Waals surface area contributed by atoms with Gasteiger partial charge in [-0.2, -0.15) is 5.10 Å². The molecule has 0 atom stereocenters. The molecule has 5 rings (SSSR count). The Morgan fingerprint density at radius 2 is 2.12 bits per heavy atom. The van der Waals surface area contributed by atoms with Crippen molar-refractivity contribution >= 4 is 16.9 Å². The second-order valence-corrected chi connectivity index (χ2v) is 6.25. The molecule has 0 saturated carbocycles. The van der Waals surface area contributed by atoms with Gasteiger partial charge in [0.25, 0.3) is 5.91 Å². The summed E-state index contributed by atoms with van der Waals surface area (Å²) in [6.45, 7) is 1.45. The first-order valence-corrected chi connectivity index (χ1v) is 8.14. The predicted octanol–water partition coefficient (Wildman–Crippen LogP) is 2.18. The van der Waals surface area contributed by atoms with Crippen LogP contribution in [-0.2, 0) is 13.6 Å². The molecule has 0 bridgehead atoms. The number of H-pyrrole nitrogens is 1. The van der Waals surface area contributed by atoms with Gasteiger partial charge in [-0.3, -0.25) is 9.48 Å². The highest BCUT2D eigenvalue weighted by molar-refractivity contribution is 6.05. The van der Waals surface area contributed by atoms with Gasteiger partial charge in [0.1, 0.15) is 11.3 Å². The van der Waals surface area contributed by atoms with Crippen LogP contribution in [0.15, 0.2) is 43.1 Å². The molecule has 0 spiro atoms. The first kappa shape index (κ1) is 14.0. The van der Waals surface area contributed by atoms with Crippen LogP contribution in [0.5, 0.6) is 0 Å². The van der Waals surface area contributed by atoms with E-state index in [2.05, 4.69) is 20.4 Å². The third-order valence-electron chi connectivity index (χ3n) is 4.67. The molecule has 2 N–H and O–H groups in total. The van der Waals surface area contributed by atoms with Crippen LogP contribution >= 0.6 is 0 Å². The Labute approximate surface area is 143 Å². The standard InChI is InChI=1S/C18H16N6O/c1-23-9-12(7-22-23)13-2-3-19-17-16(13)14(8-21-17)11-6-15-18(25)20-4-5-24(15)10-11/h2-3,6-10H,4-5H2,1H3,(H,19,21)(H,20,25). The van der Waals surface area contributed by atoms with E-state index in [0.717, 1.165) is 39.8 Å². The van der Waals surface area contributed by atoms with Crippen molar-refractivity contribution < 1.29 is 4.79 Å². The molecule has 0 saturated heterocycles. The topological polar surface area (TPSA) is 80.5 Å². The van der Waals surface area contributed by atoms with E-state index >= 15 is 0 Å². The Kier molecular flexibility index (Phi) is 2.85. The zero-order chi connectivity index (χ0) is 17.0. The summed E-state index contributed by atoms with van der Waals surface area (Å²) in [4.78, 5) is 19.8. The van der Waals surface area contributed by atoms with Crippen molar-refractivity contribution in [2.24, 2.45) is 7.05 Å². The van der Waals surface area contributed by atoms with E-state index in [0.29, 0.717) is 12.2 Å². The normalized spacial score (nSPS) is 13.9. The molecule has 4 aromatic heterocycles. The lowest BCUT2D eigenvalue weighted by Gasteiger charge is -2.14. The minimum Gasteiger partial charge on any atom is -0.349 e. The number of rotatable bonds is 2. The lowest BCUT2D eigenvalue weighted by atomic mass is 10.0. The van der Waals surface area contributed by atoms with E-state index in [1.165, 1.54) is 0 Å². The van der Waals surface area contributed by atoms with Crippen molar-refractivity contribution in [3.05, 3.63) is 48.8 Å². The van der Waals surface area contributed by atoms with Gasteiger partial charge in [0.15, 0.2) is 0 Å². The van der Waals surface area contributed by atoms with E-state index in [1.807, 2.05) is 48.5 Å². The molecule has 0 radical (unpaired) electrons. The lowest BCUT2D eigenvalue weighted by Crippen LogP contribution is -2.34. The van der Waals surface area contributed by atoms with Crippen molar-refractivity contribution in [2.75, 3.05) is 6.54 Å². The molecule has 1 aliphatic rings. The number of hydrogen-bond donors (Lipinski definition) is 2. The van der Waals surface area contributed by atoms with Crippen LogP contribution in [0.1, 0.15) is 10.5 Å². The van der Waals surface area contributed by atoms with Gasteiger partial charge in [0.05, 0.1) is 6.20 Å². The molecule has 0 fully saturated rings. The second-order valence-electron chi connectivity index (χ2n) is 6.25. The number of aryl methyl sites for hydroxylation is 1. The first-order chi connectivity index (χ1) is 12.2. The third-order valence-corrected chi connectivity index (χ3v) is 4.67. The fraction of sp³-hybridized carbons (Fsp3) is 0.167. The van der Waals surface area contributed by atoms with Crippen molar-refractivity contribution in [3.8, 4) is 22.3 Å². The maximum absolute atomic E-state index is 12.1. The number of aromatic nitrogens is 5. The van der Waals surface area contributed by atoms with Crippen LogP contribution in [0, 0.1) is 0 Å². The minimum atomic E-state index is -0.0250. The maximum Gasteiger partial charge on any atom is 0.267 e. The fourth-order valence-corrected chi connectivity index (χ4v) is 3.50. The SMILES string of the molecule is Cn1cc(-c2ccnc3[nH]cc(-c4cc5n(c4)CCNC5=O)c23)cn1. The quantitative estimate of drug-likeness (QED) is 0.590. The van der Waals surface area contributed by atoms with Gasteiger partial charge in [-0.15, -0.1) is 0 Å². The predicted molar refractivity (Wildman–Crippen MR) is 94.1 cm³/mol. The molecule has 25 heavy (non-hydrogen) atoms. The van der Waals surface area contributed by atoms with Gasteiger partial charge in [-0.05, 0) is 17.7 Å². The summed E-state index contributed by atoms with van der Waals surface area (Å²) in [5.74, 6) is -0.0250. The summed E-state index contributed by atoms with van der Waals surface area (Å²) >= 11 is 0. The molecule has 0 aliphatic carbocycles. The zero-order valence-electron chi connectivity index (χ0n) is 13.7. The number of nitrogens with zero attached hydrogens (tertiary/aromatic N) is 4. The van der Waals surface area contributed by atoms with Gasteiger partial charge < -0.3 is 14.9 Å².